The van der Waals surface area contributed by atoms with Crippen LogP contribution in [0.5, 0.6) is 0 Å². The molecule has 0 unspecified atom stereocenters. The molecule has 0 fully saturated rings. The van der Waals surface area contributed by atoms with Crippen LogP contribution >= 0.6 is 0 Å². The van der Waals surface area contributed by atoms with Crippen LogP contribution in [0.3, 0.4) is 0 Å². The van der Waals surface area contributed by atoms with Gasteiger partial charge in [0.2, 0.25) is 0 Å². The fourth-order valence-corrected chi connectivity index (χ4v) is 21.6. The summed E-state index contributed by atoms with van der Waals surface area (Å²) >= 11 is 0. The minimum Gasteiger partial charge on any atom is -0.456 e. The summed E-state index contributed by atoms with van der Waals surface area (Å²) in [5.41, 5.74) is 30.7. The Morgan fingerprint density at radius 3 is 0.778 bits per heavy atom. The lowest BCUT2D eigenvalue weighted by Crippen LogP contribution is -2.01. The van der Waals surface area contributed by atoms with Crippen molar-refractivity contribution in [3.05, 3.63) is 492 Å². The molecule has 0 amide bonds. The summed E-state index contributed by atoms with van der Waals surface area (Å²) in [6.07, 6.45) is 5.46. The van der Waals surface area contributed by atoms with Crippen LogP contribution in [0.25, 0.3) is 282 Å². The van der Waals surface area contributed by atoms with E-state index < -0.39 is 0 Å². The molecule has 0 atom stereocenters. The van der Waals surface area contributed by atoms with Gasteiger partial charge in [-0.3, -0.25) is 28.7 Å². The van der Waals surface area contributed by atoms with Gasteiger partial charge in [0.1, 0.15) is 51.0 Å². The van der Waals surface area contributed by atoms with E-state index in [4.69, 9.17) is 28.2 Å². The molecule has 30 rings (SSSR count). The van der Waals surface area contributed by atoms with E-state index in [0.29, 0.717) is 0 Å². The molecule has 0 radical (unpaired) electrons. The molecular formula is C132H81N9O3. The first-order valence-corrected chi connectivity index (χ1v) is 48.5. The van der Waals surface area contributed by atoms with E-state index >= 15 is 0 Å². The zero-order chi connectivity index (χ0) is 94.8. The normalized spacial score (nSPS) is 11.8. The Bertz CT molecular complexity index is 9250. The number of benzene rings is 18. The van der Waals surface area contributed by atoms with E-state index in [-0.39, 0.29) is 0 Å². The van der Waals surface area contributed by atoms with Crippen molar-refractivity contribution in [2.75, 3.05) is 0 Å². The average molecular weight is 1840 g/mol. The Balaban J connectivity index is 0.000000105. The van der Waals surface area contributed by atoms with Gasteiger partial charge in [0.25, 0.3) is 0 Å². The Hall–Kier alpha value is -19.6. The molecule has 12 aromatic heterocycles. The summed E-state index contributed by atoms with van der Waals surface area (Å²) in [5.74, 6) is 2.56. The number of fused-ring (bicyclic) bond motifs is 24. The van der Waals surface area contributed by atoms with E-state index in [9.17, 15) is 0 Å². The van der Waals surface area contributed by atoms with Gasteiger partial charge in [0.05, 0.1) is 67.3 Å². The van der Waals surface area contributed by atoms with Crippen molar-refractivity contribution in [2.24, 2.45) is 0 Å². The van der Waals surface area contributed by atoms with Crippen LogP contribution in [0.1, 0.15) is 0 Å². The smallest absolute Gasteiger partial charge is 0.139 e. The highest BCUT2D eigenvalue weighted by molar-refractivity contribution is 6.25. The minimum atomic E-state index is 0.793. The van der Waals surface area contributed by atoms with Gasteiger partial charge in [-0.2, -0.15) is 0 Å². The number of pyridine rings is 6. The lowest BCUT2D eigenvalue weighted by molar-refractivity contribution is 0.668. The summed E-state index contributed by atoms with van der Waals surface area (Å²) in [5, 5.41) is 21.2. The maximum Gasteiger partial charge on any atom is 0.139 e. The van der Waals surface area contributed by atoms with Gasteiger partial charge in [-0.25, -0.2) is 15.0 Å². The molecule has 30 aromatic rings. The van der Waals surface area contributed by atoms with E-state index in [1.807, 2.05) is 122 Å². The highest BCUT2D eigenvalue weighted by Gasteiger charge is 2.26. The van der Waals surface area contributed by atoms with Crippen LogP contribution in [0, 0.1) is 0 Å². The second-order valence-electron chi connectivity index (χ2n) is 36.7. The number of aromatic nitrogens is 9. The average Bonchev–Trinajstić information content (AvgIpc) is 1.57. The molecule has 0 saturated heterocycles. The third-order valence-electron chi connectivity index (χ3n) is 28.3. The molecule has 0 spiro atoms. The molecule has 12 heteroatoms. The first-order chi connectivity index (χ1) is 71.3. The van der Waals surface area contributed by atoms with Crippen molar-refractivity contribution in [3.63, 3.8) is 0 Å². The van der Waals surface area contributed by atoms with Gasteiger partial charge in [-0.15, -0.1) is 0 Å². The quantitative estimate of drug-likeness (QED) is 0.117. The predicted octanol–water partition coefficient (Wildman–Crippen LogP) is 34.9. The van der Waals surface area contributed by atoms with Crippen molar-refractivity contribution in [2.45, 2.75) is 0 Å². The number of furan rings is 3. The van der Waals surface area contributed by atoms with Crippen LogP contribution < -0.4 is 0 Å². The molecule has 0 saturated carbocycles. The molecule has 0 aliphatic rings. The number of rotatable bonds is 12. The van der Waals surface area contributed by atoms with E-state index in [1.165, 1.54) is 64.6 Å². The molecule has 0 aliphatic carbocycles. The summed E-state index contributed by atoms with van der Waals surface area (Å²) in [7, 11) is 0. The summed E-state index contributed by atoms with van der Waals surface area (Å²) in [6.45, 7) is 0. The zero-order valence-electron chi connectivity index (χ0n) is 77.5. The number of para-hydroxylation sites is 3. The number of nitrogens with zero attached hydrogens (tertiary/aromatic N) is 9. The second kappa shape index (κ2) is 34.3. The largest absolute Gasteiger partial charge is 0.456 e. The predicted molar refractivity (Wildman–Crippen MR) is 592 cm³/mol. The van der Waals surface area contributed by atoms with Crippen molar-refractivity contribution in [3.8, 4) is 118 Å². The van der Waals surface area contributed by atoms with Crippen LogP contribution in [-0.2, 0) is 0 Å². The molecule has 12 heterocycles. The third-order valence-corrected chi connectivity index (χ3v) is 28.3. The summed E-state index contributed by atoms with van der Waals surface area (Å²) < 4.78 is 25.4. The van der Waals surface area contributed by atoms with Crippen LogP contribution in [0.15, 0.2) is 505 Å². The van der Waals surface area contributed by atoms with Crippen molar-refractivity contribution in [1.29, 1.82) is 0 Å². The fraction of sp³-hybridized carbons (Fsp3) is 0. The Morgan fingerprint density at radius 1 is 0.146 bits per heavy atom. The summed E-state index contributed by atoms with van der Waals surface area (Å²) in [6, 6.07) is 166. The molecule has 0 aliphatic heterocycles. The molecular weight excluding hydrogens is 1760 g/mol. The molecule has 144 heavy (non-hydrogen) atoms. The van der Waals surface area contributed by atoms with Gasteiger partial charge >= 0.3 is 0 Å². The van der Waals surface area contributed by atoms with Crippen molar-refractivity contribution < 1.29 is 13.3 Å². The molecule has 12 nitrogen and oxygen atoms in total. The first kappa shape index (κ1) is 82.7. The van der Waals surface area contributed by atoms with Crippen LogP contribution in [0.2, 0.25) is 0 Å². The molecule has 672 valence electrons. The minimum absolute atomic E-state index is 0.793. The topological polar surface area (TPSA) is 132 Å². The lowest BCUT2D eigenvalue weighted by atomic mass is 9.99. The Kier molecular flexibility index (Phi) is 19.7. The van der Waals surface area contributed by atoms with Crippen molar-refractivity contribution in [1.82, 2.24) is 43.6 Å². The zero-order valence-corrected chi connectivity index (χ0v) is 77.5. The highest BCUT2D eigenvalue weighted by atomic mass is 16.3. The first-order valence-electron chi connectivity index (χ1n) is 48.5. The molecule has 0 N–H and O–H groups in total. The number of hydrogen-bond acceptors (Lipinski definition) is 9. The molecule has 0 bridgehead atoms. The van der Waals surface area contributed by atoms with Gasteiger partial charge in [-0.1, -0.05) is 291 Å². The monoisotopic (exact) mass is 1840 g/mol. The molecule has 18 aromatic carbocycles. The Labute approximate surface area is 824 Å². The van der Waals surface area contributed by atoms with E-state index in [1.54, 1.807) is 0 Å². The van der Waals surface area contributed by atoms with Gasteiger partial charge in [0, 0.05) is 94.4 Å². The Morgan fingerprint density at radius 2 is 0.417 bits per heavy atom. The van der Waals surface area contributed by atoms with Crippen molar-refractivity contribution >= 4 is 164 Å². The van der Waals surface area contributed by atoms with Gasteiger partial charge in [-0.05, 0) is 270 Å². The maximum absolute atomic E-state index is 6.14. The maximum atomic E-state index is 6.14. The highest BCUT2D eigenvalue weighted by Crippen LogP contribution is 2.47. The van der Waals surface area contributed by atoms with Gasteiger partial charge in [0.15, 0.2) is 0 Å². The second-order valence-corrected chi connectivity index (χ2v) is 36.7. The number of hydrogen-bond donors (Lipinski definition) is 0. The standard InChI is InChI=1S/C45H28N2O.C44H27N3O.C43H26N4O/c1-3-11-29(12-4-1)34-27-39(31-14-5-2-6-15-31)46-44(28-34)47-40-22-20-32(26-38(40)45-35-16-8-7-13-30(35)19-23-41(45)47)33-21-24-43-37(25-33)36-17-9-10-18-42(36)48-43;1-2-10-28(11-3-1)32-26-38(37-15-8-9-23-45-37)46-43(27-32)47-39-20-18-30(25-36(39)44-33-13-5-4-12-29(33)17-21-40(44)47)31-19-22-42-35(24-31)34-14-6-7-16-41(34)48-42;1-2-10-31-27(9-1)15-19-39-43(31)34-24-28(29-17-20-41-33(23-29)32-11-3-4-14-40(32)48-41)16-18-38(34)47(39)42-26-30(35-12-5-7-21-44-35)25-37(46-42)36-13-6-8-22-45-36/h1-28H;1-27H;1-26H. The third kappa shape index (κ3) is 14.3. The van der Waals surface area contributed by atoms with E-state index in [2.05, 4.69) is 399 Å². The fourth-order valence-electron chi connectivity index (χ4n) is 21.6. The van der Waals surface area contributed by atoms with E-state index in [0.717, 1.165) is 217 Å². The van der Waals surface area contributed by atoms with Crippen LogP contribution in [0.4, 0.5) is 0 Å². The SMILES string of the molecule is c1ccc(-c2cc(-c3ccccc3)nc(-n3c4ccc(-c5ccc6oc7ccccc7c6c5)cc4c4c5ccccc5ccc43)c2)cc1.c1ccc(-c2cc(-c3ccccn3)nc(-n3c4ccc(-c5ccc6oc7ccccc7c6c5)cc4c4c5ccccc5ccc43)c2)cc1.c1ccc(-c2cc(-c3ccccn3)nc(-n3c4ccc(-c5ccc6oc7ccccc7c6c5)cc4c4c5ccccc5ccc43)c2)nc1. The summed E-state index contributed by atoms with van der Waals surface area (Å²) in [4.78, 5) is 29.9. The van der Waals surface area contributed by atoms with Gasteiger partial charge < -0.3 is 13.3 Å². The lowest BCUT2D eigenvalue weighted by Gasteiger charge is -2.13. The van der Waals surface area contributed by atoms with Crippen LogP contribution in [-0.4, -0.2) is 43.6 Å².